The van der Waals surface area contributed by atoms with Gasteiger partial charge in [0.05, 0.1) is 33.4 Å². The summed E-state index contributed by atoms with van der Waals surface area (Å²) >= 11 is 0. The number of para-hydroxylation sites is 6. The molecular weight excluding hydrogens is 1050 g/mol. The highest BCUT2D eigenvalue weighted by Crippen LogP contribution is 2.50. The molecule has 0 N–H and O–H groups in total. The van der Waals surface area contributed by atoms with Gasteiger partial charge in [0.2, 0.25) is 0 Å². The van der Waals surface area contributed by atoms with Gasteiger partial charge in [-0.1, -0.05) is 235 Å². The second kappa shape index (κ2) is 19.6. The molecule has 0 spiro atoms. The number of aromatic nitrogens is 2. The highest BCUT2D eigenvalue weighted by Gasteiger charge is 2.45. The number of fused-ring (bicyclic) bond motifs is 10. The fourth-order valence-corrected chi connectivity index (χ4v) is 14.2. The molecule has 13 aromatic rings. The van der Waals surface area contributed by atoms with Gasteiger partial charge < -0.3 is 18.9 Å². The number of benzene rings is 11. The van der Waals surface area contributed by atoms with Crippen molar-refractivity contribution in [3.63, 3.8) is 0 Å². The first-order valence-corrected chi connectivity index (χ1v) is 31.2. The van der Waals surface area contributed by atoms with E-state index in [2.05, 4.69) is 339 Å². The molecule has 0 saturated carbocycles. The maximum absolute atomic E-state index is 2.62. The molecule has 15 rings (SSSR count). The lowest BCUT2D eigenvalue weighted by atomic mass is 9.33. The molecule has 11 aromatic carbocycles. The van der Waals surface area contributed by atoms with Crippen molar-refractivity contribution in [2.45, 2.75) is 105 Å². The van der Waals surface area contributed by atoms with Crippen molar-refractivity contribution >= 4 is 101 Å². The Morgan fingerprint density at radius 2 is 0.563 bits per heavy atom. The van der Waals surface area contributed by atoms with E-state index < -0.39 is 0 Å². The zero-order valence-electron chi connectivity index (χ0n) is 52.4. The van der Waals surface area contributed by atoms with Gasteiger partial charge in [-0.25, -0.2) is 0 Å². The summed E-state index contributed by atoms with van der Waals surface area (Å²) in [6, 6.07) is 90.5. The second-order valence-corrected chi connectivity index (χ2v) is 28.7. The van der Waals surface area contributed by atoms with Gasteiger partial charge in [0.15, 0.2) is 0 Å². The van der Waals surface area contributed by atoms with E-state index in [0.717, 1.165) is 22.7 Å². The molecule has 87 heavy (non-hydrogen) atoms. The molecule has 0 fully saturated rings. The summed E-state index contributed by atoms with van der Waals surface area (Å²) in [5.41, 5.74) is 27.7. The molecule has 4 nitrogen and oxygen atoms in total. The Balaban J connectivity index is 1.06. The summed E-state index contributed by atoms with van der Waals surface area (Å²) < 4.78 is 4.99. The molecule has 0 bridgehead atoms. The average molecular weight is 1130 g/mol. The monoisotopic (exact) mass is 1130 g/mol. The Morgan fingerprint density at radius 3 is 0.897 bits per heavy atom. The highest BCUT2D eigenvalue weighted by atomic mass is 15.2. The number of nitrogens with zero attached hydrogens (tertiary/aromatic N) is 4. The van der Waals surface area contributed by atoms with Crippen molar-refractivity contribution in [1.82, 2.24) is 9.13 Å². The lowest BCUT2D eigenvalue weighted by Gasteiger charge is -2.45. The molecular formula is C82H75BN4. The summed E-state index contributed by atoms with van der Waals surface area (Å²) in [6.45, 7) is 27.9. The third kappa shape index (κ3) is 8.78. The van der Waals surface area contributed by atoms with E-state index in [9.17, 15) is 0 Å². The van der Waals surface area contributed by atoms with Gasteiger partial charge in [-0.05, 0) is 156 Å². The maximum Gasteiger partial charge on any atom is 0.252 e. The van der Waals surface area contributed by atoms with Crippen LogP contribution in [0.15, 0.2) is 237 Å². The van der Waals surface area contributed by atoms with Gasteiger partial charge >= 0.3 is 0 Å². The molecule has 5 heteroatoms. The van der Waals surface area contributed by atoms with Crippen LogP contribution < -0.4 is 26.2 Å². The van der Waals surface area contributed by atoms with E-state index in [-0.39, 0.29) is 28.4 Å². The first-order valence-electron chi connectivity index (χ1n) is 31.2. The van der Waals surface area contributed by atoms with E-state index >= 15 is 0 Å². The third-order valence-electron chi connectivity index (χ3n) is 18.9. The van der Waals surface area contributed by atoms with Crippen LogP contribution >= 0.6 is 0 Å². The normalized spacial score (nSPS) is 13.4. The Kier molecular flexibility index (Phi) is 12.2. The Hall–Kier alpha value is -9.32. The van der Waals surface area contributed by atoms with E-state index in [1.165, 1.54) is 127 Å². The van der Waals surface area contributed by atoms with Crippen LogP contribution in [-0.4, -0.2) is 15.8 Å². The van der Waals surface area contributed by atoms with Crippen LogP contribution in [0.2, 0.25) is 0 Å². The molecule has 0 saturated heterocycles. The van der Waals surface area contributed by atoms with Gasteiger partial charge in [0.1, 0.15) is 0 Å². The summed E-state index contributed by atoms with van der Waals surface area (Å²) in [4.78, 5) is 5.23. The Labute approximate surface area is 514 Å². The minimum Gasteiger partial charge on any atom is -0.311 e. The zero-order chi connectivity index (χ0) is 60.1. The fraction of sp³-hybridized carbons (Fsp3) is 0.195. The minimum atomic E-state index is -0.178. The summed E-state index contributed by atoms with van der Waals surface area (Å²) in [6.07, 6.45) is 0. The summed E-state index contributed by atoms with van der Waals surface area (Å²) in [5.74, 6) is 0. The number of hydrogen-bond acceptors (Lipinski definition) is 2. The third-order valence-corrected chi connectivity index (χ3v) is 18.9. The van der Waals surface area contributed by atoms with Crippen LogP contribution in [0.5, 0.6) is 0 Å². The largest absolute Gasteiger partial charge is 0.311 e. The van der Waals surface area contributed by atoms with Gasteiger partial charge in [-0.15, -0.1) is 0 Å². The van der Waals surface area contributed by atoms with E-state index in [4.69, 9.17) is 0 Å². The van der Waals surface area contributed by atoms with Crippen LogP contribution in [0.1, 0.15) is 105 Å². The van der Waals surface area contributed by atoms with Crippen molar-refractivity contribution < 1.29 is 0 Å². The van der Waals surface area contributed by atoms with Crippen molar-refractivity contribution in [3.8, 4) is 33.6 Å². The molecule has 0 radical (unpaired) electrons. The minimum absolute atomic E-state index is 0.0643. The lowest BCUT2D eigenvalue weighted by molar-refractivity contribution is 0.568. The smallest absolute Gasteiger partial charge is 0.252 e. The topological polar surface area (TPSA) is 16.3 Å². The van der Waals surface area contributed by atoms with Gasteiger partial charge in [-0.2, -0.15) is 0 Å². The van der Waals surface area contributed by atoms with Crippen molar-refractivity contribution in [2.75, 3.05) is 9.80 Å². The van der Waals surface area contributed by atoms with Gasteiger partial charge in [0, 0.05) is 66.8 Å². The van der Waals surface area contributed by atoms with E-state index in [0.29, 0.717) is 0 Å². The van der Waals surface area contributed by atoms with Crippen LogP contribution in [0.3, 0.4) is 0 Å². The van der Waals surface area contributed by atoms with Crippen molar-refractivity contribution in [1.29, 1.82) is 0 Å². The van der Waals surface area contributed by atoms with E-state index in [1.807, 2.05) is 0 Å². The first-order chi connectivity index (χ1) is 41.7. The van der Waals surface area contributed by atoms with Crippen LogP contribution in [0, 0.1) is 0 Å². The number of rotatable bonds is 6. The molecule has 2 aromatic heterocycles. The predicted molar refractivity (Wildman–Crippen MR) is 375 cm³/mol. The quantitative estimate of drug-likeness (QED) is 0.154. The fourth-order valence-electron chi connectivity index (χ4n) is 14.2. The standard InChI is InChI=1S/C82H75BN4/c1-79(2,3)54-44-52(45-55(48-54)80(4,5)6)60-26-13-19-32-68(60)86-74-42-40-58(84-70-34-21-15-28-62(70)63-29-16-22-35-71(63)84)50-66(74)83-67-51-59(85-72-36-23-17-30-64(72)65-31-18-24-37-73(65)85)41-43-75(67)87(77-39-25-38-76(86)78(77)83)69-33-20-14-27-61(69)53-46-56(81(7,8)9)49-57(47-53)82(10,11)12/h13-51H,1-12H3. The second-order valence-electron chi connectivity index (χ2n) is 28.7. The average Bonchev–Trinajstić information content (AvgIpc) is 1.05. The molecule has 426 valence electrons. The van der Waals surface area contributed by atoms with Crippen molar-refractivity contribution in [2.24, 2.45) is 0 Å². The summed E-state index contributed by atoms with van der Waals surface area (Å²) in [5, 5.41) is 4.99. The Bertz CT molecular complexity index is 4470. The molecule has 4 heterocycles. The maximum atomic E-state index is 2.62. The first kappa shape index (κ1) is 54.3. The number of anilines is 6. The molecule has 2 aliphatic rings. The summed E-state index contributed by atoms with van der Waals surface area (Å²) in [7, 11) is 0. The molecule has 2 aliphatic heterocycles. The Morgan fingerprint density at radius 1 is 0.264 bits per heavy atom. The molecule has 0 atom stereocenters. The molecule has 0 aliphatic carbocycles. The molecule has 0 amide bonds. The molecule has 0 unspecified atom stereocenters. The highest BCUT2D eigenvalue weighted by molar-refractivity contribution is 7.00. The van der Waals surface area contributed by atoms with Gasteiger partial charge in [0.25, 0.3) is 6.71 Å². The SMILES string of the molecule is CC(C)(C)c1cc(-c2ccccc2N2c3ccc(-n4c5ccccc5c5ccccc54)cc3B3c4cc(-n5c6ccccc6c6ccccc65)ccc4N(c4ccccc4-c4cc(C(C)(C)C)cc(C(C)(C)C)c4)c4cccc2c43)cc(C(C)(C)C)c1. The van der Waals surface area contributed by atoms with Crippen LogP contribution in [0.25, 0.3) is 77.2 Å². The van der Waals surface area contributed by atoms with Crippen molar-refractivity contribution in [3.05, 3.63) is 259 Å². The van der Waals surface area contributed by atoms with Crippen LogP contribution in [-0.2, 0) is 21.7 Å². The van der Waals surface area contributed by atoms with E-state index in [1.54, 1.807) is 0 Å². The predicted octanol–water partition coefficient (Wildman–Crippen LogP) is 20.5. The van der Waals surface area contributed by atoms with Crippen LogP contribution in [0.4, 0.5) is 34.1 Å². The van der Waals surface area contributed by atoms with Gasteiger partial charge in [-0.3, -0.25) is 0 Å². The number of hydrogen-bond donors (Lipinski definition) is 0. The lowest BCUT2D eigenvalue weighted by Crippen LogP contribution is -2.61. The zero-order valence-corrected chi connectivity index (χ0v) is 52.4.